The number of methoxy groups -OCH3 is 1. The summed E-state index contributed by atoms with van der Waals surface area (Å²) in [6.07, 6.45) is 0. The fraction of sp³-hybridized carbons (Fsp3) is 0.174. The third-order valence-corrected chi connectivity index (χ3v) is 5.02. The van der Waals surface area contributed by atoms with Gasteiger partial charge >= 0.3 is 0 Å². The van der Waals surface area contributed by atoms with Crippen LogP contribution in [0.25, 0.3) is 0 Å². The minimum absolute atomic E-state index is 0.665. The number of aryl methyl sites for hydroxylation is 1. The molecule has 0 fully saturated rings. The van der Waals surface area contributed by atoms with Crippen LogP contribution in [0.1, 0.15) is 16.7 Å². The molecule has 0 spiro atoms. The van der Waals surface area contributed by atoms with Crippen molar-refractivity contribution >= 4 is 34.6 Å². The highest BCUT2D eigenvalue weighted by Crippen LogP contribution is 2.18. The highest BCUT2D eigenvalue weighted by Gasteiger charge is 2.12. The van der Waals surface area contributed by atoms with Gasteiger partial charge in [0.25, 0.3) is 0 Å². The quantitative estimate of drug-likeness (QED) is 0.499. The van der Waals surface area contributed by atoms with Crippen molar-refractivity contribution in [3.63, 3.8) is 0 Å². The number of hydrogen-bond acceptors (Lipinski definition) is 2. The number of thiocarbonyl (C=S) groups is 1. The Hall–Kier alpha value is -2.56. The molecule has 0 aliphatic carbocycles. The Morgan fingerprint density at radius 3 is 1.96 bits per heavy atom. The van der Waals surface area contributed by atoms with E-state index in [4.69, 9.17) is 28.6 Å². The molecule has 0 saturated carbocycles. The van der Waals surface area contributed by atoms with Gasteiger partial charge in [-0.15, -0.1) is 0 Å². The first-order valence-corrected chi connectivity index (χ1v) is 9.82. The van der Waals surface area contributed by atoms with Crippen LogP contribution in [0, 0.1) is 6.92 Å². The number of nitrogens with zero attached hydrogens (tertiary/aromatic N) is 1. The van der Waals surface area contributed by atoms with Gasteiger partial charge in [0.15, 0.2) is 5.11 Å². The second-order valence-electron chi connectivity index (χ2n) is 6.63. The maximum atomic E-state index is 5.98. The van der Waals surface area contributed by atoms with Crippen molar-refractivity contribution in [1.29, 1.82) is 0 Å². The smallest absolute Gasteiger partial charge is 0.174 e. The average Bonchev–Trinajstić information content (AvgIpc) is 2.71. The maximum absolute atomic E-state index is 5.98. The van der Waals surface area contributed by atoms with Crippen LogP contribution in [0.5, 0.6) is 5.75 Å². The Morgan fingerprint density at radius 1 is 0.893 bits per heavy atom. The zero-order valence-corrected chi connectivity index (χ0v) is 17.6. The highest BCUT2D eigenvalue weighted by molar-refractivity contribution is 7.80. The summed E-state index contributed by atoms with van der Waals surface area (Å²) in [5.41, 5.74) is 4.53. The predicted octanol–water partition coefficient (Wildman–Crippen LogP) is 6.06. The Kier molecular flexibility index (Phi) is 6.90. The molecule has 0 bridgehead atoms. The van der Waals surface area contributed by atoms with E-state index < -0.39 is 0 Å². The summed E-state index contributed by atoms with van der Waals surface area (Å²) < 4.78 is 5.25. The standard InChI is InChI=1S/C23H23ClN2OS/c1-17-3-5-18(6-4-17)15-26(16-19-7-13-22(27-2)14-8-19)23(28)25-21-11-9-20(24)10-12-21/h3-14H,15-16H2,1-2H3,(H,25,28). The lowest BCUT2D eigenvalue weighted by atomic mass is 10.1. The Labute approximate surface area is 176 Å². The molecule has 0 saturated heterocycles. The molecule has 0 aliphatic rings. The maximum Gasteiger partial charge on any atom is 0.174 e. The first kappa shape index (κ1) is 20.2. The zero-order chi connectivity index (χ0) is 19.9. The van der Waals surface area contributed by atoms with Crippen molar-refractivity contribution in [3.05, 3.63) is 94.5 Å². The SMILES string of the molecule is COc1ccc(CN(Cc2ccc(C)cc2)C(=S)Nc2ccc(Cl)cc2)cc1. The lowest BCUT2D eigenvalue weighted by Gasteiger charge is -2.26. The van der Waals surface area contributed by atoms with E-state index in [0.717, 1.165) is 17.0 Å². The number of ether oxygens (including phenoxy) is 1. The zero-order valence-electron chi connectivity index (χ0n) is 16.0. The van der Waals surface area contributed by atoms with Crippen molar-refractivity contribution in [2.45, 2.75) is 20.0 Å². The van der Waals surface area contributed by atoms with E-state index >= 15 is 0 Å². The molecule has 3 rings (SSSR count). The molecule has 0 unspecified atom stereocenters. The number of anilines is 1. The number of rotatable bonds is 6. The van der Waals surface area contributed by atoms with Crippen LogP contribution in [0.3, 0.4) is 0 Å². The Morgan fingerprint density at radius 2 is 1.43 bits per heavy atom. The monoisotopic (exact) mass is 410 g/mol. The molecule has 0 amide bonds. The summed E-state index contributed by atoms with van der Waals surface area (Å²) in [4.78, 5) is 2.15. The summed E-state index contributed by atoms with van der Waals surface area (Å²) in [5.74, 6) is 0.843. The highest BCUT2D eigenvalue weighted by atomic mass is 35.5. The van der Waals surface area contributed by atoms with Gasteiger partial charge in [-0.05, 0) is 66.7 Å². The summed E-state index contributed by atoms with van der Waals surface area (Å²) in [6.45, 7) is 3.49. The van der Waals surface area contributed by atoms with E-state index in [-0.39, 0.29) is 0 Å². The van der Waals surface area contributed by atoms with Gasteiger partial charge in [-0.25, -0.2) is 0 Å². The molecule has 0 heterocycles. The van der Waals surface area contributed by atoms with E-state index in [0.29, 0.717) is 23.2 Å². The Balaban J connectivity index is 1.78. The van der Waals surface area contributed by atoms with Gasteiger partial charge in [0, 0.05) is 23.8 Å². The van der Waals surface area contributed by atoms with Crippen LogP contribution >= 0.6 is 23.8 Å². The molecule has 0 radical (unpaired) electrons. The molecule has 3 aromatic carbocycles. The number of benzene rings is 3. The van der Waals surface area contributed by atoms with Crippen LogP contribution in [-0.2, 0) is 13.1 Å². The molecule has 28 heavy (non-hydrogen) atoms. The summed E-state index contributed by atoms with van der Waals surface area (Å²) >= 11 is 11.7. The molecule has 0 atom stereocenters. The normalized spacial score (nSPS) is 10.4. The number of nitrogens with one attached hydrogen (secondary N) is 1. The third-order valence-electron chi connectivity index (χ3n) is 4.41. The molecular weight excluding hydrogens is 388 g/mol. The van der Waals surface area contributed by atoms with Crippen molar-refractivity contribution in [2.75, 3.05) is 12.4 Å². The second kappa shape index (κ2) is 9.58. The minimum atomic E-state index is 0.665. The van der Waals surface area contributed by atoms with Crippen LogP contribution in [-0.4, -0.2) is 17.1 Å². The van der Waals surface area contributed by atoms with E-state index in [1.807, 2.05) is 36.4 Å². The minimum Gasteiger partial charge on any atom is -0.497 e. The predicted molar refractivity (Wildman–Crippen MR) is 121 cm³/mol. The average molecular weight is 411 g/mol. The van der Waals surface area contributed by atoms with Gasteiger partial charge in [-0.2, -0.15) is 0 Å². The van der Waals surface area contributed by atoms with Gasteiger partial charge in [-0.1, -0.05) is 53.6 Å². The first-order chi connectivity index (χ1) is 13.5. The van der Waals surface area contributed by atoms with Crippen molar-refractivity contribution in [2.24, 2.45) is 0 Å². The van der Waals surface area contributed by atoms with Crippen LogP contribution < -0.4 is 10.1 Å². The van der Waals surface area contributed by atoms with E-state index in [1.54, 1.807) is 7.11 Å². The molecule has 0 aromatic heterocycles. The Bertz CT molecular complexity index is 909. The van der Waals surface area contributed by atoms with Gasteiger partial charge < -0.3 is 15.0 Å². The molecule has 3 aromatic rings. The lowest BCUT2D eigenvalue weighted by molar-refractivity contribution is 0.407. The lowest BCUT2D eigenvalue weighted by Crippen LogP contribution is -2.33. The van der Waals surface area contributed by atoms with Crippen molar-refractivity contribution < 1.29 is 4.74 Å². The summed E-state index contributed by atoms with van der Waals surface area (Å²) in [6, 6.07) is 24.1. The summed E-state index contributed by atoms with van der Waals surface area (Å²) in [7, 11) is 1.67. The number of hydrogen-bond donors (Lipinski definition) is 1. The largest absolute Gasteiger partial charge is 0.497 e. The summed E-state index contributed by atoms with van der Waals surface area (Å²) in [5, 5.41) is 4.68. The fourth-order valence-electron chi connectivity index (χ4n) is 2.80. The first-order valence-electron chi connectivity index (χ1n) is 9.03. The van der Waals surface area contributed by atoms with Gasteiger partial charge in [0.05, 0.1) is 7.11 Å². The van der Waals surface area contributed by atoms with Crippen LogP contribution in [0.15, 0.2) is 72.8 Å². The number of halogens is 1. The molecule has 3 nitrogen and oxygen atoms in total. The molecule has 5 heteroatoms. The molecular formula is C23H23ClN2OS. The molecule has 1 N–H and O–H groups in total. The second-order valence-corrected chi connectivity index (χ2v) is 7.45. The van der Waals surface area contributed by atoms with Gasteiger partial charge in [0.2, 0.25) is 0 Å². The topological polar surface area (TPSA) is 24.5 Å². The van der Waals surface area contributed by atoms with Gasteiger partial charge in [0.1, 0.15) is 5.75 Å². The van der Waals surface area contributed by atoms with E-state index in [9.17, 15) is 0 Å². The van der Waals surface area contributed by atoms with Crippen LogP contribution in [0.4, 0.5) is 5.69 Å². The van der Waals surface area contributed by atoms with Crippen molar-refractivity contribution in [3.8, 4) is 5.75 Å². The van der Waals surface area contributed by atoms with Crippen molar-refractivity contribution in [1.82, 2.24) is 4.90 Å². The van der Waals surface area contributed by atoms with E-state index in [1.165, 1.54) is 11.1 Å². The van der Waals surface area contributed by atoms with Gasteiger partial charge in [-0.3, -0.25) is 0 Å². The van der Waals surface area contributed by atoms with E-state index in [2.05, 4.69) is 53.5 Å². The molecule has 144 valence electrons. The third kappa shape index (κ3) is 5.72. The fourth-order valence-corrected chi connectivity index (χ4v) is 3.17. The van der Waals surface area contributed by atoms with Crippen LogP contribution in [0.2, 0.25) is 5.02 Å². The molecule has 0 aliphatic heterocycles.